The molecule has 264 valence electrons. The van der Waals surface area contributed by atoms with Crippen LogP contribution in [0.15, 0.2) is 53.4 Å². The number of halogens is 1. The fraction of sp³-hybridized carbons (Fsp3) is 0.556. The Morgan fingerprint density at radius 3 is 2.69 bits per heavy atom. The summed E-state index contributed by atoms with van der Waals surface area (Å²) in [7, 11) is -4.24. The fourth-order valence-electron chi connectivity index (χ4n) is 7.82. The summed E-state index contributed by atoms with van der Waals surface area (Å²) in [4.78, 5) is 30.5. The molecule has 2 aromatic carbocycles. The largest absolute Gasteiger partial charge is 0.490 e. The maximum Gasteiger partial charge on any atom is 0.410 e. The molecule has 1 saturated heterocycles. The normalized spacial score (nSPS) is 30.0. The van der Waals surface area contributed by atoms with Crippen molar-refractivity contribution in [3.63, 3.8) is 0 Å². The van der Waals surface area contributed by atoms with Crippen LogP contribution in [0.1, 0.15) is 50.7 Å². The summed E-state index contributed by atoms with van der Waals surface area (Å²) in [6, 6.07) is 10.9. The van der Waals surface area contributed by atoms with Crippen molar-refractivity contribution in [1.82, 2.24) is 9.62 Å². The quantitative estimate of drug-likeness (QED) is 0.414. The number of aryl methyl sites for hydroxylation is 1. The van der Waals surface area contributed by atoms with Crippen molar-refractivity contribution in [1.29, 1.82) is 0 Å². The molecule has 0 aromatic heterocycles. The molecular weight excluding hydrogens is 670 g/mol. The molecule has 4 atom stereocenters. The van der Waals surface area contributed by atoms with Gasteiger partial charge in [0.15, 0.2) is 0 Å². The number of anilines is 1. The third-order valence-electron chi connectivity index (χ3n) is 10.8. The van der Waals surface area contributed by atoms with Crippen molar-refractivity contribution in [2.24, 2.45) is 11.8 Å². The van der Waals surface area contributed by atoms with Gasteiger partial charge in [0.05, 0.1) is 37.0 Å². The minimum atomic E-state index is -4.24. The van der Waals surface area contributed by atoms with Crippen LogP contribution in [-0.2, 0) is 40.9 Å². The van der Waals surface area contributed by atoms with Gasteiger partial charge < -0.3 is 28.7 Å². The molecule has 1 saturated carbocycles. The molecule has 3 heterocycles. The monoisotopic (exact) mass is 713 g/mol. The first kappa shape index (κ1) is 34.1. The van der Waals surface area contributed by atoms with Gasteiger partial charge in [0.1, 0.15) is 17.5 Å². The van der Waals surface area contributed by atoms with Gasteiger partial charge in [0, 0.05) is 42.5 Å². The second-order valence-corrected chi connectivity index (χ2v) is 16.5. The van der Waals surface area contributed by atoms with Crippen LogP contribution in [0.25, 0.3) is 0 Å². The smallest absolute Gasteiger partial charge is 0.410 e. The van der Waals surface area contributed by atoms with Gasteiger partial charge in [-0.3, -0.25) is 4.79 Å². The first-order chi connectivity index (χ1) is 23.4. The average Bonchev–Trinajstić information content (AvgIpc) is 3.21. The highest BCUT2D eigenvalue weighted by molar-refractivity contribution is 7.90. The van der Waals surface area contributed by atoms with Gasteiger partial charge in [0.2, 0.25) is 0 Å². The van der Waals surface area contributed by atoms with E-state index in [-0.39, 0.29) is 34.8 Å². The lowest BCUT2D eigenvalue weighted by Gasteiger charge is -2.46. The van der Waals surface area contributed by atoms with Crippen LogP contribution >= 0.6 is 11.6 Å². The van der Waals surface area contributed by atoms with Crippen LogP contribution in [0.5, 0.6) is 5.75 Å². The molecular formula is C36H44ClN3O8S. The van der Waals surface area contributed by atoms with Gasteiger partial charge in [-0.05, 0) is 99.4 Å². The summed E-state index contributed by atoms with van der Waals surface area (Å²) in [5.74, 6) is -0.0343. The van der Waals surface area contributed by atoms with E-state index < -0.39 is 27.6 Å². The zero-order chi connectivity index (χ0) is 34.4. The lowest BCUT2D eigenvalue weighted by atomic mass is 9.68. The van der Waals surface area contributed by atoms with Crippen molar-refractivity contribution in [3.8, 4) is 5.75 Å². The Morgan fingerprint density at radius 1 is 1.10 bits per heavy atom. The molecule has 11 nitrogen and oxygen atoms in total. The molecule has 1 spiro atoms. The van der Waals surface area contributed by atoms with Crippen molar-refractivity contribution in [2.45, 2.75) is 68.0 Å². The van der Waals surface area contributed by atoms with Crippen molar-refractivity contribution in [2.75, 3.05) is 57.5 Å². The predicted octanol–water partition coefficient (Wildman–Crippen LogP) is 4.85. The second kappa shape index (κ2) is 13.4. The van der Waals surface area contributed by atoms with Crippen LogP contribution in [0, 0.1) is 11.8 Å². The van der Waals surface area contributed by atoms with Gasteiger partial charge in [-0.15, -0.1) is 0 Å². The van der Waals surface area contributed by atoms with Gasteiger partial charge >= 0.3 is 6.09 Å². The average molecular weight is 714 g/mol. The number of ether oxygens (including phenoxy) is 4. The summed E-state index contributed by atoms with van der Waals surface area (Å²) < 4.78 is 53.5. The molecule has 1 N–H and O–H groups in total. The van der Waals surface area contributed by atoms with E-state index in [1.165, 1.54) is 31.0 Å². The number of morpholine rings is 1. The van der Waals surface area contributed by atoms with Crippen LogP contribution < -0.4 is 14.4 Å². The number of hydrogen-bond donors (Lipinski definition) is 1. The highest BCUT2D eigenvalue weighted by Gasteiger charge is 2.45. The Kier molecular flexibility index (Phi) is 9.36. The number of rotatable bonds is 1. The molecule has 0 unspecified atom stereocenters. The van der Waals surface area contributed by atoms with E-state index in [0.29, 0.717) is 62.5 Å². The number of fused-ring (bicyclic) bond motifs is 4. The van der Waals surface area contributed by atoms with E-state index >= 15 is 0 Å². The summed E-state index contributed by atoms with van der Waals surface area (Å²) in [6.07, 6.45) is 7.31. The SMILES string of the molecule is CC1(C)OC/C=C\[C@H](OC(=O)N2CCOCC2)[C@@H]2CC[C@H]2CN2C[C@@]3(CCCc4cc(Cl)ccc43)COc3ccc(cc32)S(=O)(=O)NC1=O. The summed E-state index contributed by atoms with van der Waals surface area (Å²) in [5.41, 5.74) is 1.25. The lowest BCUT2D eigenvalue weighted by Crippen LogP contribution is -2.50. The van der Waals surface area contributed by atoms with E-state index in [1.54, 1.807) is 23.1 Å². The van der Waals surface area contributed by atoms with Crippen molar-refractivity contribution in [3.05, 3.63) is 64.7 Å². The number of carbonyl (C=O) groups excluding carboxylic acids is 2. The third kappa shape index (κ3) is 6.89. The van der Waals surface area contributed by atoms with Gasteiger partial charge in [0.25, 0.3) is 15.9 Å². The number of carbonyl (C=O) groups is 2. The third-order valence-corrected chi connectivity index (χ3v) is 12.4. The molecule has 2 aliphatic carbocycles. The van der Waals surface area contributed by atoms with Gasteiger partial charge in [-0.2, -0.15) is 0 Å². The maximum absolute atomic E-state index is 13.6. The number of sulfonamides is 1. The lowest BCUT2D eigenvalue weighted by molar-refractivity contribution is -0.139. The zero-order valence-corrected chi connectivity index (χ0v) is 29.6. The number of amides is 2. The van der Waals surface area contributed by atoms with Gasteiger partial charge in [-0.1, -0.05) is 23.7 Å². The topological polar surface area (TPSA) is 124 Å². The second-order valence-electron chi connectivity index (χ2n) is 14.4. The van der Waals surface area contributed by atoms with Crippen LogP contribution in [0.3, 0.4) is 0 Å². The standard InChI is InChI=1S/C36H44ClN3O8S/c1-35(2)33(41)38-49(43,44)27-9-12-32-30(20-27)40(22-36(23-46-32)13-3-5-24-19-26(37)8-11-29(24)36)21-25-7-10-28(25)31(6-4-16-47-35)48-34(42)39-14-17-45-18-15-39/h4,6,8-9,11-12,19-20,25,28,31H,3,5,7,10,13-18,21-23H2,1-2H3,(H,38,41)/b6-4-/t25-,28+,31-,36-/m0/s1. The molecule has 49 heavy (non-hydrogen) atoms. The molecule has 2 aromatic rings. The van der Waals surface area contributed by atoms with Crippen LogP contribution in [-0.4, -0.2) is 89.6 Å². The number of benzene rings is 2. The number of nitrogens with one attached hydrogen (secondary N) is 1. The Bertz CT molecular complexity index is 1740. The maximum atomic E-state index is 13.6. The first-order valence-corrected chi connectivity index (χ1v) is 19.0. The summed E-state index contributed by atoms with van der Waals surface area (Å²) in [6.45, 7) is 6.58. The minimum Gasteiger partial charge on any atom is -0.490 e. The van der Waals surface area contributed by atoms with E-state index in [9.17, 15) is 18.0 Å². The molecule has 5 aliphatic rings. The van der Waals surface area contributed by atoms with E-state index in [0.717, 1.165) is 32.1 Å². The van der Waals surface area contributed by atoms with Gasteiger partial charge in [-0.25, -0.2) is 17.9 Å². The number of hydrogen-bond acceptors (Lipinski definition) is 9. The van der Waals surface area contributed by atoms with Crippen molar-refractivity contribution < 1.29 is 37.0 Å². The fourth-order valence-corrected chi connectivity index (χ4v) is 9.14. The Hall–Kier alpha value is -3.32. The summed E-state index contributed by atoms with van der Waals surface area (Å²) >= 11 is 6.43. The zero-order valence-electron chi connectivity index (χ0n) is 28.0. The van der Waals surface area contributed by atoms with Crippen LogP contribution in [0.2, 0.25) is 5.02 Å². The highest BCUT2D eigenvalue weighted by atomic mass is 35.5. The molecule has 3 aliphatic heterocycles. The molecule has 2 amide bonds. The molecule has 2 fully saturated rings. The molecule has 7 rings (SSSR count). The Balaban J connectivity index is 1.28. The predicted molar refractivity (Wildman–Crippen MR) is 184 cm³/mol. The molecule has 13 heteroatoms. The van der Waals surface area contributed by atoms with E-state index in [2.05, 4.69) is 15.7 Å². The molecule has 0 radical (unpaired) electrons. The van der Waals surface area contributed by atoms with E-state index in [4.69, 9.17) is 30.5 Å². The Labute approximate surface area is 292 Å². The minimum absolute atomic E-state index is 0.0255. The highest BCUT2D eigenvalue weighted by Crippen LogP contribution is 2.47. The summed E-state index contributed by atoms with van der Waals surface area (Å²) in [5, 5.41) is 0.701. The first-order valence-electron chi connectivity index (χ1n) is 17.2. The number of nitrogens with zero attached hydrogens (tertiary/aromatic N) is 2. The van der Waals surface area contributed by atoms with E-state index in [1.807, 2.05) is 18.2 Å². The van der Waals surface area contributed by atoms with Crippen LogP contribution in [0.4, 0.5) is 10.5 Å². The van der Waals surface area contributed by atoms with Crippen molar-refractivity contribution >= 4 is 39.3 Å². The Morgan fingerprint density at radius 2 is 1.92 bits per heavy atom. The molecule has 2 bridgehead atoms.